The van der Waals surface area contributed by atoms with Crippen LogP contribution in [-0.4, -0.2) is 51.7 Å². The van der Waals surface area contributed by atoms with Gasteiger partial charge in [-0.2, -0.15) is 0 Å². The molecule has 146 valence electrons. The zero-order chi connectivity index (χ0) is 19.4. The molecular formula is C21H25N5O2. The van der Waals surface area contributed by atoms with Crippen LogP contribution in [0.3, 0.4) is 0 Å². The second-order valence-corrected chi connectivity index (χ2v) is 7.58. The molecule has 1 N–H and O–H groups in total. The van der Waals surface area contributed by atoms with Crippen molar-refractivity contribution < 1.29 is 9.63 Å². The lowest BCUT2D eigenvalue weighted by Crippen LogP contribution is -2.37. The van der Waals surface area contributed by atoms with Gasteiger partial charge in [0.25, 0.3) is 5.91 Å². The van der Waals surface area contributed by atoms with Gasteiger partial charge < -0.3 is 10.2 Å². The molecule has 28 heavy (non-hydrogen) atoms. The van der Waals surface area contributed by atoms with Crippen LogP contribution >= 0.6 is 0 Å². The zero-order valence-corrected chi connectivity index (χ0v) is 16.1. The first-order valence-corrected chi connectivity index (χ1v) is 9.69. The summed E-state index contributed by atoms with van der Waals surface area (Å²) in [6.45, 7) is 4.98. The largest absolute Gasteiger partial charge is 0.387 e. The smallest absolute Gasteiger partial charge is 0.269 e. The lowest BCUT2D eigenvalue weighted by atomic mass is 9.96. The number of benzene rings is 1. The topological polar surface area (TPSA) is 79.7 Å². The molecule has 0 radical (unpaired) electrons. The van der Waals surface area contributed by atoms with Gasteiger partial charge in [-0.05, 0) is 18.9 Å². The summed E-state index contributed by atoms with van der Waals surface area (Å²) in [4.78, 5) is 29.0. The Morgan fingerprint density at radius 1 is 1.25 bits per heavy atom. The maximum Gasteiger partial charge on any atom is 0.269 e. The van der Waals surface area contributed by atoms with Crippen molar-refractivity contribution in [1.82, 2.24) is 20.2 Å². The first-order chi connectivity index (χ1) is 13.6. The van der Waals surface area contributed by atoms with E-state index >= 15 is 0 Å². The van der Waals surface area contributed by atoms with Gasteiger partial charge in [-0.25, -0.2) is 0 Å². The van der Waals surface area contributed by atoms with Gasteiger partial charge in [-0.3, -0.25) is 19.7 Å². The number of rotatable bonds is 6. The van der Waals surface area contributed by atoms with Crippen LogP contribution in [0.4, 0.5) is 0 Å². The van der Waals surface area contributed by atoms with Crippen LogP contribution in [0.25, 0.3) is 0 Å². The number of carbonyl (C=O) groups excluding carboxylic acids is 1. The lowest BCUT2D eigenvalue weighted by molar-refractivity contribution is -0.115. The van der Waals surface area contributed by atoms with Gasteiger partial charge in [0.15, 0.2) is 5.60 Å². The maximum atomic E-state index is 12.4. The van der Waals surface area contributed by atoms with Crippen molar-refractivity contribution in [3.63, 3.8) is 0 Å². The SMILES string of the molecule is Cc1cnc(CNC(=O)C2=NO[C@@]3(CCN(CCc4ccccc4)C3)C2)cn1. The van der Waals surface area contributed by atoms with Crippen LogP contribution in [0, 0.1) is 6.92 Å². The van der Waals surface area contributed by atoms with E-state index in [9.17, 15) is 4.79 Å². The van der Waals surface area contributed by atoms with Crippen molar-refractivity contribution >= 4 is 11.6 Å². The average molecular weight is 379 g/mol. The predicted molar refractivity (Wildman–Crippen MR) is 106 cm³/mol. The highest BCUT2D eigenvalue weighted by atomic mass is 16.7. The fourth-order valence-corrected chi connectivity index (χ4v) is 3.70. The van der Waals surface area contributed by atoms with Gasteiger partial charge in [-0.15, -0.1) is 0 Å². The number of hydrogen-bond acceptors (Lipinski definition) is 6. The molecule has 2 aromatic rings. The van der Waals surface area contributed by atoms with E-state index in [0.717, 1.165) is 43.9 Å². The molecule has 0 saturated carbocycles. The van der Waals surface area contributed by atoms with E-state index < -0.39 is 0 Å². The molecule has 1 atom stereocenters. The molecular weight excluding hydrogens is 354 g/mol. The minimum Gasteiger partial charge on any atom is -0.387 e. The summed E-state index contributed by atoms with van der Waals surface area (Å²) in [5, 5.41) is 6.95. The first-order valence-electron chi connectivity index (χ1n) is 9.69. The second-order valence-electron chi connectivity index (χ2n) is 7.58. The molecule has 1 fully saturated rings. The van der Waals surface area contributed by atoms with E-state index in [-0.39, 0.29) is 11.5 Å². The monoisotopic (exact) mass is 379 g/mol. The molecule has 0 unspecified atom stereocenters. The van der Waals surface area contributed by atoms with Crippen LogP contribution in [0.2, 0.25) is 0 Å². The fraction of sp³-hybridized carbons (Fsp3) is 0.429. The number of nitrogens with zero attached hydrogens (tertiary/aromatic N) is 4. The number of aryl methyl sites for hydroxylation is 1. The molecule has 7 heteroatoms. The predicted octanol–water partition coefficient (Wildman–Crippen LogP) is 1.86. The van der Waals surface area contributed by atoms with Crippen molar-refractivity contribution in [2.45, 2.75) is 38.3 Å². The normalized spacial score (nSPS) is 21.5. The lowest BCUT2D eigenvalue weighted by Gasteiger charge is -2.21. The minimum absolute atomic E-state index is 0.193. The molecule has 4 rings (SSSR count). The van der Waals surface area contributed by atoms with E-state index in [0.29, 0.717) is 18.7 Å². The number of carbonyl (C=O) groups is 1. The molecule has 0 bridgehead atoms. The second kappa shape index (κ2) is 8.06. The van der Waals surface area contributed by atoms with Crippen molar-refractivity contribution in [1.29, 1.82) is 0 Å². The number of hydrogen-bond donors (Lipinski definition) is 1. The number of oxime groups is 1. The van der Waals surface area contributed by atoms with Crippen LogP contribution < -0.4 is 5.32 Å². The molecule has 1 aromatic heterocycles. The standard InChI is InChI=1S/C21H25N5O2/c1-16-12-23-18(13-22-16)14-24-20(27)19-11-21(28-25-19)8-10-26(15-21)9-7-17-5-3-2-4-6-17/h2-6,12-13H,7-11,14-15H2,1H3,(H,24,27)/t21-/m0/s1. The molecule has 2 aliphatic heterocycles. The van der Waals surface area contributed by atoms with E-state index in [2.05, 4.69) is 49.6 Å². The Morgan fingerprint density at radius 2 is 2.11 bits per heavy atom. The van der Waals surface area contributed by atoms with Gasteiger partial charge >= 0.3 is 0 Å². The molecule has 1 spiro atoms. The van der Waals surface area contributed by atoms with Gasteiger partial charge in [-0.1, -0.05) is 35.5 Å². The molecule has 1 aromatic carbocycles. The summed E-state index contributed by atoms with van der Waals surface area (Å²) < 4.78 is 0. The number of amides is 1. The summed E-state index contributed by atoms with van der Waals surface area (Å²) in [6, 6.07) is 10.5. The molecule has 2 aliphatic rings. The number of aromatic nitrogens is 2. The average Bonchev–Trinajstić information content (AvgIpc) is 3.33. The maximum absolute atomic E-state index is 12.4. The Labute approximate surface area is 164 Å². The summed E-state index contributed by atoms with van der Waals surface area (Å²) in [6.07, 6.45) is 5.83. The third-order valence-electron chi connectivity index (χ3n) is 5.32. The summed E-state index contributed by atoms with van der Waals surface area (Å²) in [5.41, 5.74) is 3.02. The minimum atomic E-state index is -0.354. The zero-order valence-electron chi connectivity index (χ0n) is 16.1. The number of likely N-dealkylation sites (tertiary alicyclic amines) is 1. The Morgan fingerprint density at radius 3 is 2.89 bits per heavy atom. The van der Waals surface area contributed by atoms with Gasteiger partial charge in [0.2, 0.25) is 0 Å². The third kappa shape index (κ3) is 4.36. The summed E-state index contributed by atoms with van der Waals surface area (Å²) >= 11 is 0. The van der Waals surface area contributed by atoms with Gasteiger partial charge in [0.1, 0.15) is 5.71 Å². The van der Waals surface area contributed by atoms with Crippen molar-refractivity contribution in [2.75, 3.05) is 19.6 Å². The first kappa shape index (κ1) is 18.6. The fourth-order valence-electron chi connectivity index (χ4n) is 3.70. The Kier molecular flexibility index (Phi) is 5.34. The van der Waals surface area contributed by atoms with Crippen LogP contribution in [-0.2, 0) is 22.6 Å². The third-order valence-corrected chi connectivity index (χ3v) is 5.32. The number of nitrogens with one attached hydrogen (secondary N) is 1. The molecule has 7 nitrogen and oxygen atoms in total. The van der Waals surface area contributed by atoms with Crippen LogP contribution in [0.5, 0.6) is 0 Å². The molecule has 1 saturated heterocycles. The highest BCUT2D eigenvalue weighted by Gasteiger charge is 2.46. The van der Waals surface area contributed by atoms with E-state index in [1.807, 2.05) is 13.0 Å². The molecule has 0 aliphatic carbocycles. The van der Waals surface area contributed by atoms with E-state index in [1.54, 1.807) is 12.4 Å². The summed E-state index contributed by atoms with van der Waals surface area (Å²) in [7, 11) is 0. The van der Waals surface area contributed by atoms with E-state index in [4.69, 9.17) is 4.84 Å². The summed E-state index contributed by atoms with van der Waals surface area (Å²) in [5.74, 6) is -0.193. The highest BCUT2D eigenvalue weighted by Crippen LogP contribution is 2.33. The molecule has 3 heterocycles. The van der Waals surface area contributed by atoms with Gasteiger partial charge in [0.05, 0.1) is 24.1 Å². The van der Waals surface area contributed by atoms with Crippen LogP contribution in [0.1, 0.15) is 29.8 Å². The van der Waals surface area contributed by atoms with Crippen LogP contribution in [0.15, 0.2) is 47.9 Å². The Balaban J connectivity index is 1.25. The highest BCUT2D eigenvalue weighted by molar-refractivity contribution is 6.39. The Bertz CT molecular complexity index is 853. The van der Waals surface area contributed by atoms with Crippen molar-refractivity contribution in [2.24, 2.45) is 5.16 Å². The Hall–Kier alpha value is -2.80. The van der Waals surface area contributed by atoms with Gasteiger partial charge in [0, 0.05) is 38.7 Å². The quantitative estimate of drug-likeness (QED) is 0.829. The van der Waals surface area contributed by atoms with Crippen molar-refractivity contribution in [3.8, 4) is 0 Å². The van der Waals surface area contributed by atoms with E-state index in [1.165, 1.54) is 5.56 Å². The molecule has 1 amide bonds. The van der Waals surface area contributed by atoms with Crippen molar-refractivity contribution in [3.05, 3.63) is 59.7 Å².